The SMILES string of the molecule is CCCNC(C)c1cc(Cl)c(OC)cc1Cl. The highest BCUT2D eigenvalue weighted by molar-refractivity contribution is 6.34. The Morgan fingerprint density at radius 1 is 1.31 bits per heavy atom. The van der Waals surface area contributed by atoms with Gasteiger partial charge in [0, 0.05) is 17.1 Å². The Kier molecular flexibility index (Phi) is 5.39. The molecule has 1 aromatic rings. The van der Waals surface area contributed by atoms with Gasteiger partial charge in [0.05, 0.1) is 12.1 Å². The molecule has 0 fully saturated rings. The molecule has 0 spiro atoms. The number of rotatable bonds is 5. The van der Waals surface area contributed by atoms with E-state index in [-0.39, 0.29) is 6.04 Å². The van der Waals surface area contributed by atoms with Gasteiger partial charge < -0.3 is 10.1 Å². The van der Waals surface area contributed by atoms with Crippen molar-refractivity contribution in [3.8, 4) is 5.75 Å². The van der Waals surface area contributed by atoms with Crippen LogP contribution in [0.25, 0.3) is 0 Å². The minimum Gasteiger partial charge on any atom is -0.495 e. The van der Waals surface area contributed by atoms with Crippen molar-refractivity contribution in [1.82, 2.24) is 5.32 Å². The second-order valence-electron chi connectivity index (χ2n) is 3.68. The maximum atomic E-state index is 6.18. The Morgan fingerprint density at radius 3 is 2.56 bits per heavy atom. The van der Waals surface area contributed by atoms with Crippen molar-refractivity contribution in [2.24, 2.45) is 0 Å². The fourth-order valence-corrected chi connectivity index (χ4v) is 2.07. The smallest absolute Gasteiger partial charge is 0.138 e. The van der Waals surface area contributed by atoms with E-state index in [2.05, 4.69) is 19.2 Å². The van der Waals surface area contributed by atoms with Crippen LogP contribution in [0.2, 0.25) is 10.0 Å². The van der Waals surface area contributed by atoms with Gasteiger partial charge in [-0.25, -0.2) is 0 Å². The molecule has 0 radical (unpaired) electrons. The van der Waals surface area contributed by atoms with Gasteiger partial charge in [-0.3, -0.25) is 0 Å². The van der Waals surface area contributed by atoms with Crippen LogP contribution in [-0.2, 0) is 0 Å². The van der Waals surface area contributed by atoms with Crippen LogP contribution in [0.4, 0.5) is 0 Å². The quantitative estimate of drug-likeness (QED) is 0.863. The summed E-state index contributed by atoms with van der Waals surface area (Å²) in [4.78, 5) is 0. The van der Waals surface area contributed by atoms with E-state index in [4.69, 9.17) is 27.9 Å². The van der Waals surface area contributed by atoms with Crippen LogP contribution in [0, 0.1) is 0 Å². The molecule has 0 aliphatic rings. The zero-order valence-corrected chi connectivity index (χ0v) is 11.3. The molecule has 16 heavy (non-hydrogen) atoms. The number of hydrogen-bond acceptors (Lipinski definition) is 2. The Labute approximate surface area is 107 Å². The van der Waals surface area contributed by atoms with Crippen LogP contribution in [0.3, 0.4) is 0 Å². The van der Waals surface area contributed by atoms with Gasteiger partial charge in [-0.05, 0) is 31.5 Å². The third-order valence-electron chi connectivity index (χ3n) is 2.44. The monoisotopic (exact) mass is 261 g/mol. The summed E-state index contributed by atoms with van der Waals surface area (Å²) in [6, 6.07) is 3.80. The van der Waals surface area contributed by atoms with E-state index in [1.54, 1.807) is 13.2 Å². The third-order valence-corrected chi connectivity index (χ3v) is 3.06. The van der Waals surface area contributed by atoms with Crippen LogP contribution in [-0.4, -0.2) is 13.7 Å². The topological polar surface area (TPSA) is 21.3 Å². The number of hydrogen-bond donors (Lipinski definition) is 1. The van der Waals surface area contributed by atoms with E-state index in [0.29, 0.717) is 15.8 Å². The molecule has 0 aromatic heterocycles. The first-order valence-corrected chi connectivity index (χ1v) is 6.12. The van der Waals surface area contributed by atoms with E-state index in [9.17, 15) is 0 Å². The molecule has 0 saturated carbocycles. The summed E-state index contributed by atoms with van der Waals surface area (Å²) in [7, 11) is 1.58. The van der Waals surface area contributed by atoms with E-state index in [1.807, 2.05) is 6.07 Å². The highest BCUT2D eigenvalue weighted by atomic mass is 35.5. The fraction of sp³-hybridized carbons (Fsp3) is 0.500. The van der Waals surface area contributed by atoms with Crippen LogP contribution in [0.15, 0.2) is 12.1 Å². The lowest BCUT2D eigenvalue weighted by Crippen LogP contribution is -2.19. The molecule has 2 nitrogen and oxygen atoms in total. The van der Waals surface area contributed by atoms with Gasteiger partial charge in [-0.2, -0.15) is 0 Å². The number of halogens is 2. The van der Waals surface area contributed by atoms with Crippen molar-refractivity contribution in [1.29, 1.82) is 0 Å². The van der Waals surface area contributed by atoms with E-state index < -0.39 is 0 Å². The van der Waals surface area contributed by atoms with Gasteiger partial charge in [0.15, 0.2) is 0 Å². The van der Waals surface area contributed by atoms with Crippen molar-refractivity contribution in [3.05, 3.63) is 27.7 Å². The zero-order valence-electron chi connectivity index (χ0n) is 9.81. The zero-order chi connectivity index (χ0) is 12.1. The van der Waals surface area contributed by atoms with E-state index in [1.165, 1.54) is 0 Å². The first-order chi connectivity index (χ1) is 7.60. The van der Waals surface area contributed by atoms with Crippen LogP contribution < -0.4 is 10.1 Å². The third kappa shape index (κ3) is 3.27. The van der Waals surface area contributed by atoms with Crippen molar-refractivity contribution in [2.75, 3.05) is 13.7 Å². The minimum absolute atomic E-state index is 0.191. The standard InChI is InChI=1S/C12H17Cl2NO/c1-4-5-15-8(2)9-6-11(14)12(16-3)7-10(9)13/h6-8,15H,4-5H2,1-3H3. The molecular weight excluding hydrogens is 245 g/mol. The summed E-state index contributed by atoms with van der Waals surface area (Å²) < 4.78 is 5.10. The molecular formula is C12H17Cl2NO. The minimum atomic E-state index is 0.191. The largest absolute Gasteiger partial charge is 0.495 e. The summed E-state index contributed by atoms with van der Waals surface area (Å²) >= 11 is 12.2. The van der Waals surface area contributed by atoms with Gasteiger partial charge in [-0.1, -0.05) is 30.1 Å². The molecule has 0 bridgehead atoms. The van der Waals surface area contributed by atoms with Crippen molar-refractivity contribution in [2.45, 2.75) is 26.3 Å². The van der Waals surface area contributed by atoms with Crippen LogP contribution >= 0.6 is 23.2 Å². The summed E-state index contributed by atoms with van der Waals surface area (Å²) in [6.07, 6.45) is 1.09. The molecule has 1 atom stereocenters. The van der Waals surface area contributed by atoms with Crippen LogP contribution in [0.1, 0.15) is 31.9 Å². The summed E-state index contributed by atoms with van der Waals surface area (Å²) in [6.45, 7) is 5.16. The first-order valence-electron chi connectivity index (χ1n) is 5.36. The molecule has 1 aromatic carbocycles. The second kappa shape index (κ2) is 6.33. The Morgan fingerprint density at radius 2 is 2.00 bits per heavy atom. The van der Waals surface area contributed by atoms with Crippen LogP contribution in [0.5, 0.6) is 5.75 Å². The normalized spacial score (nSPS) is 12.6. The van der Waals surface area contributed by atoms with E-state index in [0.717, 1.165) is 18.5 Å². The average Bonchev–Trinajstić information content (AvgIpc) is 2.28. The molecule has 1 unspecified atom stereocenters. The molecule has 1 N–H and O–H groups in total. The number of nitrogens with one attached hydrogen (secondary N) is 1. The lowest BCUT2D eigenvalue weighted by Gasteiger charge is -2.16. The van der Waals surface area contributed by atoms with Gasteiger partial charge in [0.1, 0.15) is 5.75 Å². The number of benzene rings is 1. The van der Waals surface area contributed by atoms with Crippen molar-refractivity contribution in [3.63, 3.8) is 0 Å². The molecule has 0 saturated heterocycles. The Balaban J connectivity index is 2.92. The lowest BCUT2D eigenvalue weighted by molar-refractivity contribution is 0.414. The molecule has 90 valence electrons. The average molecular weight is 262 g/mol. The summed E-state index contributed by atoms with van der Waals surface area (Å²) in [5.41, 5.74) is 1.00. The Bertz CT molecular complexity index is 355. The highest BCUT2D eigenvalue weighted by Crippen LogP contribution is 2.33. The van der Waals surface area contributed by atoms with Gasteiger partial charge in [0.25, 0.3) is 0 Å². The molecule has 0 aliphatic carbocycles. The highest BCUT2D eigenvalue weighted by Gasteiger charge is 2.12. The molecule has 0 heterocycles. The molecule has 0 amide bonds. The predicted molar refractivity (Wildman–Crippen MR) is 69.7 cm³/mol. The van der Waals surface area contributed by atoms with Gasteiger partial charge in [-0.15, -0.1) is 0 Å². The number of ether oxygens (including phenoxy) is 1. The molecule has 0 aliphatic heterocycles. The van der Waals surface area contributed by atoms with Gasteiger partial charge >= 0.3 is 0 Å². The van der Waals surface area contributed by atoms with Gasteiger partial charge in [0.2, 0.25) is 0 Å². The Hall–Kier alpha value is -0.440. The number of methoxy groups -OCH3 is 1. The maximum Gasteiger partial charge on any atom is 0.138 e. The fourth-order valence-electron chi connectivity index (χ4n) is 1.50. The summed E-state index contributed by atoms with van der Waals surface area (Å²) in [5, 5.41) is 4.64. The lowest BCUT2D eigenvalue weighted by atomic mass is 10.1. The maximum absolute atomic E-state index is 6.18. The van der Waals surface area contributed by atoms with Crippen molar-refractivity contribution >= 4 is 23.2 Å². The predicted octanol–water partition coefficient (Wildman–Crippen LogP) is 4.06. The van der Waals surface area contributed by atoms with Crippen molar-refractivity contribution < 1.29 is 4.74 Å². The second-order valence-corrected chi connectivity index (χ2v) is 4.50. The summed E-state index contributed by atoms with van der Waals surface area (Å²) in [5.74, 6) is 0.609. The molecule has 1 rings (SSSR count). The molecule has 4 heteroatoms. The van der Waals surface area contributed by atoms with E-state index >= 15 is 0 Å². The first kappa shape index (κ1) is 13.6.